The molecule has 6 heteroatoms. The summed E-state index contributed by atoms with van der Waals surface area (Å²) in [6.07, 6.45) is 1.20. The minimum absolute atomic E-state index is 0.442. The molecule has 13 heavy (non-hydrogen) atoms. The number of barbiturate groups is 1. The van der Waals surface area contributed by atoms with Gasteiger partial charge < -0.3 is 0 Å². The van der Waals surface area contributed by atoms with Crippen LogP contribution < -0.4 is 16.0 Å². The lowest BCUT2D eigenvalue weighted by atomic mass is 9.94. The number of imide groups is 2. The summed E-state index contributed by atoms with van der Waals surface area (Å²) in [5, 5.41) is 6.96. The number of hydrogen-bond donors (Lipinski definition) is 3. The van der Waals surface area contributed by atoms with Gasteiger partial charge in [0.2, 0.25) is 0 Å². The van der Waals surface area contributed by atoms with Gasteiger partial charge in [0.05, 0.1) is 0 Å². The molecule has 2 aliphatic heterocycles. The first-order chi connectivity index (χ1) is 6.15. The highest BCUT2D eigenvalue weighted by Gasteiger charge is 2.51. The number of urea groups is 1. The SMILES string of the molecule is O=C1NC(=O)C2(CCCN2)C(=O)N1. The van der Waals surface area contributed by atoms with Crippen molar-refractivity contribution in [2.75, 3.05) is 6.54 Å². The summed E-state index contributed by atoms with van der Waals surface area (Å²) in [4.78, 5) is 33.5. The first-order valence-electron chi connectivity index (χ1n) is 4.07. The molecule has 6 nitrogen and oxygen atoms in total. The van der Waals surface area contributed by atoms with Gasteiger partial charge in [0.25, 0.3) is 11.8 Å². The van der Waals surface area contributed by atoms with E-state index in [2.05, 4.69) is 16.0 Å². The highest BCUT2D eigenvalue weighted by molar-refractivity contribution is 6.22. The minimum Gasteiger partial charge on any atom is -0.295 e. The maximum absolute atomic E-state index is 11.4. The van der Waals surface area contributed by atoms with Gasteiger partial charge in [-0.1, -0.05) is 0 Å². The summed E-state index contributed by atoms with van der Waals surface area (Å²) < 4.78 is 0. The monoisotopic (exact) mass is 183 g/mol. The number of carbonyl (C=O) groups excluding carboxylic acids is 3. The molecule has 0 bridgehead atoms. The van der Waals surface area contributed by atoms with Crippen LogP contribution in [0.15, 0.2) is 0 Å². The molecule has 2 rings (SSSR count). The van der Waals surface area contributed by atoms with Crippen molar-refractivity contribution < 1.29 is 14.4 Å². The molecule has 0 saturated carbocycles. The van der Waals surface area contributed by atoms with Crippen LogP contribution in [0.25, 0.3) is 0 Å². The Labute approximate surface area is 74.1 Å². The van der Waals surface area contributed by atoms with Crippen LogP contribution in [0, 0.1) is 0 Å². The molecule has 2 fully saturated rings. The third kappa shape index (κ3) is 1.02. The van der Waals surface area contributed by atoms with Crippen molar-refractivity contribution in [1.82, 2.24) is 16.0 Å². The van der Waals surface area contributed by atoms with Gasteiger partial charge in [0, 0.05) is 0 Å². The number of amides is 4. The van der Waals surface area contributed by atoms with Crippen molar-refractivity contribution in [3.63, 3.8) is 0 Å². The second kappa shape index (κ2) is 2.53. The molecule has 3 N–H and O–H groups in total. The van der Waals surface area contributed by atoms with Gasteiger partial charge >= 0.3 is 6.03 Å². The maximum atomic E-state index is 11.4. The fourth-order valence-corrected chi connectivity index (χ4v) is 1.69. The Balaban J connectivity index is 2.31. The van der Waals surface area contributed by atoms with E-state index >= 15 is 0 Å². The molecule has 0 radical (unpaired) electrons. The Morgan fingerprint density at radius 2 is 1.69 bits per heavy atom. The van der Waals surface area contributed by atoms with Gasteiger partial charge in [-0.15, -0.1) is 0 Å². The smallest absolute Gasteiger partial charge is 0.295 e. The van der Waals surface area contributed by atoms with Crippen LogP contribution in [0.4, 0.5) is 4.79 Å². The van der Waals surface area contributed by atoms with E-state index < -0.39 is 23.4 Å². The van der Waals surface area contributed by atoms with E-state index in [4.69, 9.17) is 0 Å². The molecule has 0 aromatic heterocycles. The summed E-state index contributed by atoms with van der Waals surface area (Å²) >= 11 is 0. The molecule has 0 aromatic rings. The van der Waals surface area contributed by atoms with Crippen molar-refractivity contribution in [1.29, 1.82) is 0 Å². The molecule has 2 aliphatic rings. The van der Waals surface area contributed by atoms with Crippen molar-refractivity contribution >= 4 is 17.8 Å². The molecule has 2 heterocycles. The van der Waals surface area contributed by atoms with Crippen molar-refractivity contribution in [3.05, 3.63) is 0 Å². The molecular formula is C7H9N3O3. The van der Waals surface area contributed by atoms with Crippen LogP contribution in [-0.2, 0) is 9.59 Å². The van der Waals surface area contributed by atoms with Crippen molar-refractivity contribution in [2.45, 2.75) is 18.4 Å². The standard InChI is InChI=1S/C7H9N3O3/c11-4-7(2-1-3-8-7)5(12)10-6(13)9-4/h8H,1-3H2,(H2,9,10,11,12,13). The van der Waals surface area contributed by atoms with Gasteiger partial charge in [-0.05, 0) is 19.4 Å². The first-order valence-corrected chi connectivity index (χ1v) is 4.07. The highest BCUT2D eigenvalue weighted by atomic mass is 16.2. The quantitative estimate of drug-likeness (QED) is 0.398. The Morgan fingerprint density at radius 3 is 2.15 bits per heavy atom. The van der Waals surface area contributed by atoms with E-state index in [1.807, 2.05) is 0 Å². The van der Waals surface area contributed by atoms with E-state index in [1.54, 1.807) is 0 Å². The van der Waals surface area contributed by atoms with Gasteiger partial charge in [-0.2, -0.15) is 0 Å². The van der Waals surface area contributed by atoms with Crippen molar-refractivity contribution in [3.8, 4) is 0 Å². The van der Waals surface area contributed by atoms with Crippen LogP contribution in [-0.4, -0.2) is 29.9 Å². The lowest BCUT2D eigenvalue weighted by molar-refractivity contribution is -0.138. The average molecular weight is 183 g/mol. The Bertz CT molecular complexity index is 271. The van der Waals surface area contributed by atoms with Gasteiger partial charge in [-0.3, -0.25) is 25.5 Å². The number of rotatable bonds is 0. The summed E-state index contributed by atoms with van der Waals surface area (Å²) in [7, 11) is 0. The predicted octanol–water partition coefficient (Wildman–Crippen LogP) is -1.53. The fourth-order valence-electron chi connectivity index (χ4n) is 1.69. The minimum atomic E-state index is -1.20. The maximum Gasteiger partial charge on any atom is 0.328 e. The second-order valence-corrected chi connectivity index (χ2v) is 3.17. The zero-order valence-corrected chi connectivity index (χ0v) is 6.85. The van der Waals surface area contributed by atoms with E-state index in [1.165, 1.54) is 0 Å². The fraction of sp³-hybridized carbons (Fsp3) is 0.571. The topological polar surface area (TPSA) is 87.3 Å². The Hall–Kier alpha value is -1.43. The molecular weight excluding hydrogens is 174 g/mol. The molecule has 0 unspecified atom stereocenters. The lowest BCUT2D eigenvalue weighted by Gasteiger charge is -2.29. The normalized spacial score (nSPS) is 26.0. The van der Waals surface area contributed by atoms with E-state index in [-0.39, 0.29) is 0 Å². The third-order valence-corrected chi connectivity index (χ3v) is 2.38. The summed E-state index contributed by atoms with van der Waals surface area (Å²) in [6.45, 7) is 0.620. The third-order valence-electron chi connectivity index (χ3n) is 2.38. The van der Waals surface area contributed by atoms with Crippen LogP contribution in [0.3, 0.4) is 0 Å². The van der Waals surface area contributed by atoms with Gasteiger partial charge in [0.15, 0.2) is 5.54 Å². The Morgan fingerprint density at radius 1 is 1.08 bits per heavy atom. The molecule has 1 spiro atoms. The molecule has 4 amide bonds. The second-order valence-electron chi connectivity index (χ2n) is 3.17. The number of carbonyl (C=O) groups is 3. The molecule has 0 aromatic carbocycles. The number of hydrogen-bond acceptors (Lipinski definition) is 4. The first kappa shape index (κ1) is 8.18. The molecule has 0 aliphatic carbocycles. The Kier molecular flexibility index (Phi) is 1.59. The average Bonchev–Trinajstić information content (AvgIpc) is 2.50. The van der Waals surface area contributed by atoms with Gasteiger partial charge in [-0.25, -0.2) is 4.79 Å². The molecule has 2 saturated heterocycles. The molecule has 0 atom stereocenters. The van der Waals surface area contributed by atoms with E-state index in [9.17, 15) is 14.4 Å². The largest absolute Gasteiger partial charge is 0.328 e. The van der Waals surface area contributed by atoms with Crippen LogP contribution in [0.2, 0.25) is 0 Å². The van der Waals surface area contributed by atoms with E-state index in [0.29, 0.717) is 13.0 Å². The zero-order valence-electron chi connectivity index (χ0n) is 6.85. The van der Waals surface area contributed by atoms with E-state index in [0.717, 1.165) is 6.42 Å². The van der Waals surface area contributed by atoms with Crippen LogP contribution in [0.5, 0.6) is 0 Å². The summed E-state index contributed by atoms with van der Waals surface area (Å²) in [6, 6.07) is -0.741. The number of nitrogens with one attached hydrogen (secondary N) is 3. The highest BCUT2D eigenvalue weighted by Crippen LogP contribution is 2.21. The van der Waals surface area contributed by atoms with Crippen molar-refractivity contribution in [2.24, 2.45) is 0 Å². The van der Waals surface area contributed by atoms with Crippen LogP contribution >= 0.6 is 0 Å². The summed E-state index contributed by atoms with van der Waals surface area (Å²) in [5.41, 5.74) is -1.20. The van der Waals surface area contributed by atoms with Crippen LogP contribution in [0.1, 0.15) is 12.8 Å². The summed E-state index contributed by atoms with van der Waals surface area (Å²) in [5.74, 6) is -1.09. The predicted molar refractivity (Wildman–Crippen MR) is 41.6 cm³/mol. The van der Waals surface area contributed by atoms with Gasteiger partial charge in [0.1, 0.15) is 0 Å². The molecule has 70 valence electrons. The lowest BCUT2D eigenvalue weighted by Crippen LogP contribution is -2.70. The zero-order chi connectivity index (χ0) is 9.47.